The molecule has 0 aliphatic carbocycles. The number of hydrogen-bond donors (Lipinski definition) is 0. The van der Waals surface area contributed by atoms with E-state index in [4.69, 9.17) is 27.9 Å². The lowest BCUT2D eigenvalue weighted by Crippen LogP contribution is -1.91. The first kappa shape index (κ1) is 13.2. The molecular weight excluding hydrogens is 295 g/mol. The van der Waals surface area contributed by atoms with Crippen molar-refractivity contribution >= 4 is 34.1 Å². The molecule has 0 saturated carbocycles. The molecule has 3 nitrogen and oxygen atoms in total. The third-order valence-corrected chi connectivity index (χ3v) is 3.39. The van der Waals surface area contributed by atoms with Gasteiger partial charge in [0.25, 0.3) is 0 Å². The number of benzene rings is 1. The maximum Gasteiger partial charge on any atom is 0.238 e. The van der Waals surface area contributed by atoms with Crippen molar-refractivity contribution in [1.29, 1.82) is 0 Å². The fraction of sp³-hybridized carbons (Fsp3) is 0.0667. The second kappa shape index (κ2) is 5.65. The second-order valence-electron chi connectivity index (χ2n) is 4.22. The summed E-state index contributed by atoms with van der Waals surface area (Å²) >= 11 is 11.8. The number of aromatic nitrogens is 2. The molecule has 2 aromatic heterocycles. The molecule has 0 atom stereocenters. The van der Waals surface area contributed by atoms with Crippen LogP contribution in [0, 0.1) is 0 Å². The zero-order valence-electron chi connectivity index (χ0n) is 10.4. The van der Waals surface area contributed by atoms with Gasteiger partial charge in [-0.3, -0.25) is 4.98 Å². The zero-order chi connectivity index (χ0) is 13.9. The van der Waals surface area contributed by atoms with E-state index in [-0.39, 0.29) is 0 Å². The first-order valence-electron chi connectivity index (χ1n) is 5.99. The van der Waals surface area contributed by atoms with Crippen LogP contribution in [-0.4, -0.2) is 9.97 Å². The number of rotatable bonds is 3. The summed E-state index contributed by atoms with van der Waals surface area (Å²) in [6, 6.07) is 11.3. The Bertz CT molecular complexity index is 762. The number of pyridine rings is 2. The van der Waals surface area contributed by atoms with Gasteiger partial charge >= 0.3 is 0 Å². The minimum atomic E-state index is 0.357. The lowest BCUT2D eigenvalue weighted by atomic mass is 10.2. The van der Waals surface area contributed by atoms with Crippen LogP contribution < -0.4 is 4.74 Å². The van der Waals surface area contributed by atoms with E-state index in [0.29, 0.717) is 22.5 Å². The van der Waals surface area contributed by atoms with Crippen LogP contribution >= 0.6 is 23.2 Å². The number of alkyl halides is 1. The van der Waals surface area contributed by atoms with Gasteiger partial charge in [0.2, 0.25) is 5.88 Å². The zero-order valence-corrected chi connectivity index (χ0v) is 11.9. The van der Waals surface area contributed by atoms with Gasteiger partial charge in [-0.15, -0.1) is 11.6 Å². The molecule has 0 saturated heterocycles. The van der Waals surface area contributed by atoms with Gasteiger partial charge < -0.3 is 4.74 Å². The molecular formula is C15H10Cl2N2O. The summed E-state index contributed by atoms with van der Waals surface area (Å²) in [6.07, 6.45) is 3.39. The minimum Gasteiger partial charge on any atom is -0.437 e. The summed E-state index contributed by atoms with van der Waals surface area (Å²) in [5, 5.41) is 1.49. The second-order valence-corrected chi connectivity index (χ2v) is 4.90. The fourth-order valence-corrected chi connectivity index (χ4v) is 2.21. The molecule has 0 aliphatic heterocycles. The minimum absolute atomic E-state index is 0.357. The van der Waals surface area contributed by atoms with Crippen molar-refractivity contribution in [2.75, 3.05) is 0 Å². The van der Waals surface area contributed by atoms with Crippen molar-refractivity contribution in [3.05, 3.63) is 59.4 Å². The van der Waals surface area contributed by atoms with Gasteiger partial charge in [0.1, 0.15) is 10.8 Å². The molecule has 1 aromatic carbocycles. The Balaban J connectivity index is 1.92. The Labute approximate surface area is 126 Å². The third-order valence-electron chi connectivity index (χ3n) is 2.81. The molecule has 0 bridgehead atoms. The van der Waals surface area contributed by atoms with Crippen LogP contribution in [0.2, 0.25) is 5.02 Å². The maximum atomic E-state index is 6.11. The van der Waals surface area contributed by atoms with Crippen LogP contribution in [0.5, 0.6) is 11.6 Å². The number of ether oxygens (including phenoxy) is 1. The number of fused-ring (bicyclic) bond motifs is 1. The van der Waals surface area contributed by atoms with E-state index in [0.717, 1.165) is 16.5 Å². The molecule has 0 spiro atoms. The largest absolute Gasteiger partial charge is 0.437 e. The van der Waals surface area contributed by atoms with Gasteiger partial charge in [-0.25, -0.2) is 4.98 Å². The lowest BCUT2D eigenvalue weighted by molar-refractivity contribution is 0.463. The normalized spacial score (nSPS) is 10.7. The molecule has 0 aliphatic rings. The summed E-state index contributed by atoms with van der Waals surface area (Å²) < 4.78 is 5.69. The Morgan fingerprint density at radius 1 is 1.10 bits per heavy atom. The van der Waals surface area contributed by atoms with Crippen molar-refractivity contribution in [2.45, 2.75) is 5.88 Å². The predicted molar refractivity (Wildman–Crippen MR) is 80.6 cm³/mol. The average Bonchev–Trinajstić information content (AvgIpc) is 2.49. The number of nitrogens with zero attached hydrogens (tertiary/aromatic N) is 2. The molecule has 0 amide bonds. The highest BCUT2D eigenvalue weighted by Gasteiger charge is 2.07. The Morgan fingerprint density at radius 3 is 2.80 bits per heavy atom. The molecule has 2 heterocycles. The quantitative estimate of drug-likeness (QED) is 0.651. The lowest BCUT2D eigenvalue weighted by Gasteiger charge is -2.08. The Morgan fingerprint density at radius 2 is 2.00 bits per heavy atom. The highest BCUT2D eigenvalue weighted by atomic mass is 35.5. The monoisotopic (exact) mass is 304 g/mol. The molecule has 100 valence electrons. The summed E-state index contributed by atoms with van der Waals surface area (Å²) in [5.74, 6) is 1.37. The van der Waals surface area contributed by atoms with E-state index < -0.39 is 0 Å². The van der Waals surface area contributed by atoms with E-state index in [1.165, 1.54) is 0 Å². The summed E-state index contributed by atoms with van der Waals surface area (Å²) in [7, 11) is 0. The van der Waals surface area contributed by atoms with Crippen molar-refractivity contribution in [1.82, 2.24) is 9.97 Å². The van der Waals surface area contributed by atoms with Crippen LogP contribution in [0.3, 0.4) is 0 Å². The number of hydrogen-bond acceptors (Lipinski definition) is 3. The van der Waals surface area contributed by atoms with Crippen molar-refractivity contribution in [2.24, 2.45) is 0 Å². The van der Waals surface area contributed by atoms with Crippen LogP contribution in [0.1, 0.15) is 5.56 Å². The van der Waals surface area contributed by atoms with Crippen molar-refractivity contribution in [3.63, 3.8) is 0 Å². The van der Waals surface area contributed by atoms with Crippen LogP contribution in [0.15, 0.2) is 48.8 Å². The van der Waals surface area contributed by atoms with E-state index in [2.05, 4.69) is 9.97 Å². The highest BCUT2D eigenvalue weighted by molar-refractivity contribution is 6.32. The van der Waals surface area contributed by atoms with Crippen LogP contribution in [0.4, 0.5) is 0 Å². The van der Waals surface area contributed by atoms with Gasteiger partial charge in [0, 0.05) is 29.7 Å². The van der Waals surface area contributed by atoms with E-state index in [1.807, 2.05) is 30.3 Å². The number of halogens is 2. The van der Waals surface area contributed by atoms with Gasteiger partial charge in [-0.1, -0.05) is 17.7 Å². The van der Waals surface area contributed by atoms with E-state index in [9.17, 15) is 0 Å². The van der Waals surface area contributed by atoms with Crippen molar-refractivity contribution in [3.8, 4) is 11.6 Å². The molecule has 20 heavy (non-hydrogen) atoms. The molecule has 0 radical (unpaired) electrons. The molecule has 5 heteroatoms. The molecule has 0 N–H and O–H groups in total. The first-order chi connectivity index (χ1) is 9.76. The Kier molecular flexibility index (Phi) is 3.72. The van der Waals surface area contributed by atoms with E-state index in [1.54, 1.807) is 18.5 Å². The fourth-order valence-electron chi connectivity index (χ4n) is 1.83. The summed E-state index contributed by atoms with van der Waals surface area (Å²) in [5.41, 5.74) is 1.71. The molecule has 0 unspecified atom stereocenters. The highest BCUT2D eigenvalue weighted by Crippen LogP contribution is 2.29. The van der Waals surface area contributed by atoms with Crippen LogP contribution in [-0.2, 0) is 5.88 Å². The first-order valence-corrected chi connectivity index (χ1v) is 6.90. The maximum absolute atomic E-state index is 6.11. The van der Waals surface area contributed by atoms with Crippen molar-refractivity contribution < 1.29 is 4.74 Å². The van der Waals surface area contributed by atoms with Gasteiger partial charge in [0.05, 0.1) is 5.52 Å². The Hall–Kier alpha value is -1.84. The molecule has 3 aromatic rings. The average molecular weight is 305 g/mol. The summed E-state index contributed by atoms with van der Waals surface area (Å²) in [4.78, 5) is 8.45. The van der Waals surface area contributed by atoms with Crippen LogP contribution in [0.25, 0.3) is 10.9 Å². The van der Waals surface area contributed by atoms with Gasteiger partial charge in [0.15, 0.2) is 0 Å². The smallest absolute Gasteiger partial charge is 0.238 e. The standard InChI is InChI=1S/C15H10Cl2N2O/c16-8-10-6-13(17)15(19-9-10)20-12-4-3-11-2-1-5-18-14(11)7-12/h1-7,9H,8H2. The van der Waals surface area contributed by atoms with E-state index >= 15 is 0 Å². The topological polar surface area (TPSA) is 35.0 Å². The molecule has 3 rings (SSSR count). The van der Waals surface area contributed by atoms with Gasteiger partial charge in [-0.05, 0) is 29.8 Å². The predicted octanol–water partition coefficient (Wildman–Crippen LogP) is 4.81. The SMILES string of the molecule is ClCc1cnc(Oc2ccc3cccnc3c2)c(Cl)c1. The summed E-state index contributed by atoms with van der Waals surface area (Å²) in [6.45, 7) is 0. The third kappa shape index (κ3) is 2.69. The van der Waals surface area contributed by atoms with Gasteiger partial charge in [-0.2, -0.15) is 0 Å². The molecule has 0 fully saturated rings.